The molecule has 1 heterocycles. The van der Waals surface area contributed by atoms with Crippen molar-refractivity contribution in [2.75, 3.05) is 11.9 Å². The number of nitrogens with zero attached hydrogens (tertiary/aromatic N) is 1. The van der Waals surface area contributed by atoms with Gasteiger partial charge in [0.2, 0.25) is 0 Å². The van der Waals surface area contributed by atoms with Crippen LogP contribution in [0, 0.1) is 12.7 Å². The first-order valence-corrected chi connectivity index (χ1v) is 7.06. The fourth-order valence-corrected chi connectivity index (χ4v) is 2.63. The number of ether oxygens (including phenoxy) is 1. The molecule has 1 aromatic carbocycles. The molecule has 1 aromatic heterocycles. The highest BCUT2D eigenvalue weighted by atomic mass is 35.5. The monoisotopic (exact) mass is 314 g/mol. The molecule has 0 atom stereocenters. The predicted octanol–water partition coefficient (Wildman–Crippen LogP) is 4.16. The Hall–Kier alpha value is -1.66. The van der Waals surface area contributed by atoms with E-state index in [1.807, 2.05) is 0 Å². The van der Waals surface area contributed by atoms with Crippen LogP contribution in [0.25, 0.3) is 0 Å². The fraction of sp³-hybridized carbons (Fsp3) is 0.231. The minimum atomic E-state index is -0.466. The van der Waals surface area contributed by atoms with E-state index in [2.05, 4.69) is 10.3 Å². The summed E-state index contributed by atoms with van der Waals surface area (Å²) >= 11 is 7.06. The number of hydrogen-bond donors (Lipinski definition) is 1. The van der Waals surface area contributed by atoms with Crippen LogP contribution < -0.4 is 5.32 Å². The summed E-state index contributed by atoms with van der Waals surface area (Å²) in [4.78, 5) is 16.5. The number of carbonyl (C=O) groups excluding carboxylic acids is 1. The smallest absolute Gasteiger partial charge is 0.358 e. The van der Waals surface area contributed by atoms with Crippen molar-refractivity contribution in [2.24, 2.45) is 0 Å². The van der Waals surface area contributed by atoms with Crippen molar-refractivity contribution < 1.29 is 13.9 Å². The van der Waals surface area contributed by atoms with E-state index in [9.17, 15) is 9.18 Å². The Morgan fingerprint density at radius 2 is 2.25 bits per heavy atom. The Balaban J connectivity index is 2.22. The Kier molecular flexibility index (Phi) is 4.57. The topological polar surface area (TPSA) is 51.2 Å². The summed E-state index contributed by atoms with van der Waals surface area (Å²) in [5, 5.41) is 3.68. The molecule has 0 aliphatic rings. The lowest BCUT2D eigenvalue weighted by atomic mass is 10.3. The first kappa shape index (κ1) is 14.7. The van der Waals surface area contributed by atoms with Crippen LogP contribution in [0.5, 0.6) is 0 Å². The number of esters is 1. The molecule has 1 N–H and O–H groups in total. The number of aryl methyl sites for hydroxylation is 1. The van der Waals surface area contributed by atoms with E-state index >= 15 is 0 Å². The van der Waals surface area contributed by atoms with Crippen molar-refractivity contribution >= 4 is 39.7 Å². The van der Waals surface area contributed by atoms with Crippen LogP contribution >= 0.6 is 22.9 Å². The lowest BCUT2D eigenvalue weighted by Gasteiger charge is -2.03. The second-order valence-electron chi connectivity index (χ2n) is 3.93. The lowest BCUT2D eigenvalue weighted by molar-refractivity contribution is 0.0519. The highest BCUT2D eigenvalue weighted by molar-refractivity contribution is 7.15. The summed E-state index contributed by atoms with van der Waals surface area (Å²) in [6, 6.07) is 4.09. The number of hydrogen-bond acceptors (Lipinski definition) is 5. The molecule has 0 spiro atoms. The first-order valence-electron chi connectivity index (χ1n) is 5.87. The van der Waals surface area contributed by atoms with Gasteiger partial charge in [0.25, 0.3) is 0 Å². The first-order chi connectivity index (χ1) is 9.49. The number of thiazole rings is 1. The minimum absolute atomic E-state index is 0.266. The van der Waals surface area contributed by atoms with Gasteiger partial charge >= 0.3 is 5.97 Å². The number of aromatic nitrogens is 1. The molecule has 0 aliphatic carbocycles. The summed E-state index contributed by atoms with van der Waals surface area (Å²) in [6.45, 7) is 3.79. The zero-order valence-corrected chi connectivity index (χ0v) is 12.4. The average Bonchev–Trinajstić information content (AvgIpc) is 2.69. The van der Waals surface area contributed by atoms with Gasteiger partial charge in [-0.25, -0.2) is 14.2 Å². The van der Waals surface area contributed by atoms with Crippen molar-refractivity contribution in [3.8, 4) is 0 Å². The second-order valence-corrected chi connectivity index (χ2v) is 5.57. The maximum atomic E-state index is 13.2. The number of anilines is 2. The molecule has 20 heavy (non-hydrogen) atoms. The Morgan fingerprint density at radius 1 is 1.50 bits per heavy atom. The van der Waals surface area contributed by atoms with Crippen molar-refractivity contribution in [3.63, 3.8) is 0 Å². The summed E-state index contributed by atoms with van der Waals surface area (Å²) in [5.74, 6) is -0.912. The normalized spacial score (nSPS) is 10.4. The van der Waals surface area contributed by atoms with Crippen LogP contribution in [0.4, 0.5) is 15.2 Å². The van der Waals surface area contributed by atoms with Gasteiger partial charge in [0.1, 0.15) is 5.82 Å². The van der Waals surface area contributed by atoms with Crippen LogP contribution in [-0.4, -0.2) is 17.6 Å². The summed E-state index contributed by atoms with van der Waals surface area (Å²) < 4.78 is 18.1. The van der Waals surface area contributed by atoms with E-state index in [0.29, 0.717) is 10.8 Å². The largest absolute Gasteiger partial charge is 0.461 e. The van der Waals surface area contributed by atoms with E-state index in [4.69, 9.17) is 16.3 Å². The van der Waals surface area contributed by atoms with Gasteiger partial charge in [-0.3, -0.25) is 0 Å². The standard InChI is InChI=1S/C13H12ClFN2O2S/c1-3-19-12(18)11-7(2)20-13(17-11)16-10-5-8(14)4-9(15)6-10/h4-6H,3H2,1-2H3,(H,16,17). The SMILES string of the molecule is CCOC(=O)c1nc(Nc2cc(F)cc(Cl)c2)sc1C. The van der Waals surface area contributed by atoms with Gasteiger partial charge in [0.15, 0.2) is 10.8 Å². The molecule has 0 saturated carbocycles. The number of benzene rings is 1. The molecule has 4 nitrogen and oxygen atoms in total. The molecule has 2 aromatic rings. The third kappa shape index (κ3) is 3.46. The highest BCUT2D eigenvalue weighted by Gasteiger charge is 2.16. The summed E-state index contributed by atoms with van der Waals surface area (Å²) in [7, 11) is 0. The second kappa shape index (κ2) is 6.19. The third-order valence-electron chi connectivity index (χ3n) is 2.38. The van der Waals surface area contributed by atoms with Gasteiger partial charge in [-0.2, -0.15) is 0 Å². The van der Waals surface area contributed by atoms with Gasteiger partial charge in [-0.1, -0.05) is 11.6 Å². The molecule has 2 rings (SSSR count). The molecule has 0 saturated heterocycles. The van der Waals surface area contributed by atoms with E-state index in [0.717, 1.165) is 4.88 Å². The quantitative estimate of drug-likeness (QED) is 0.861. The van der Waals surface area contributed by atoms with Gasteiger partial charge in [-0.05, 0) is 32.0 Å². The van der Waals surface area contributed by atoms with E-state index in [-0.39, 0.29) is 17.3 Å². The molecule has 0 unspecified atom stereocenters. The fourth-order valence-electron chi connectivity index (χ4n) is 1.59. The van der Waals surface area contributed by atoms with Crippen molar-refractivity contribution in [3.05, 3.63) is 39.6 Å². The average molecular weight is 315 g/mol. The zero-order valence-electron chi connectivity index (χ0n) is 10.9. The van der Waals surface area contributed by atoms with E-state index in [1.165, 1.54) is 23.5 Å². The van der Waals surface area contributed by atoms with Crippen molar-refractivity contribution in [1.29, 1.82) is 0 Å². The lowest BCUT2D eigenvalue weighted by Crippen LogP contribution is -2.06. The van der Waals surface area contributed by atoms with Crippen LogP contribution in [0.3, 0.4) is 0 Å². The molecular formula is C13H12ClFN2O2S. The molecule has 106 valence electrons. The molecule has 0 fully saturated rings. The van der Waals surface area contributed by atoms with Gasteiger partial charge in [0.05, 0.1) is 6.61 Å². The van der Waals surface area contributed by atoms with E-state index in [1.54, 1.807) is 19.9 Å². The molecule has 0 bridgehead atoms. The Labute approximate surface area is 124 Å². The Morgan fingerprint density at radius 3 is 2.90 bits per heavy atom. The van der Waals surface area contributed by atoms with Crippen molar-refractivity contribution in [2.45, 2.75) is 13.8 Å². The number of nitrogens with one attached hydrogen (secondary N) is 1. The Bertz CT molecular complexity index is 625. The molecule has 0 amide bonds. The van der Waals surface area contributed by atoms with Gasteiger partial charge in [0, 0.05) is 15.6 Å². The molecule has 7 heteroatoms. The van der Waals surface area contributed by atoms with Crippen LogP contribution in [0.15, 0.2) is 18.2 Å². The molecular weight excluding hydrogens is 303 g/mol. The summed E-state index contributed by atoms with van der Waals surface area (Å²) in [5.41, 5.74) is 0.737. The van der Waals surface area contributed by atoms with Crippen LogP contribution in [0.2, 0.25) is 5.02 Å². The van der Waals surface area contributed by atoms with Crippen LogP contribution in [-0.2, 0) is 4.74 Å². The number of halogens is 2. The van der Waals surface area contributed by atoms with Gasteiger partial charge in [-0.15, -0.1) is 11.3 Å². The predicted molar refractivity (Wildman–Crippen MR) is 77.5 cm³/mol. The van der Waals surface area contributed by atoms with Gasteiger partial charge < -0.3 is 10.1 Å². The van der Waals surface area contributed by atoms with Crippen LogP contribution in [0.1, 0.15) is 22.3 Å². The summed E-state index contributed by atoms with van der Waals surface area (Å²) in [6.07, 6.45) is 0. The highest BCUT2D eigenvalue weighted by Crippen LogP contribution is 2.27. The van der Waals surface area contributed by atoms with Crippen molar-refractivity contribution in [1.82, 2.24) is 4.98 Å². The molecule has 0 aliphatic heterocycles. The third-order valence-corrected chi connectivity index (χ3v) is 3.48. The number of rotatable bonds is 4. The zero-order chi connectivity index (χ0) is 14.7. The van der Waals surface area contributed by atoms with E-state index < -0.39 is 11.8 Å². The maximum Gasteiger partial charge on any atom is 0.358 e. The minimum Gasteiger partial charge on any atom is -0.461 e. The molecule has 0 radical (unpaired) electrons. The maximum absolute atomic E-state index is 13.2. The number of carbonyl (C=O) groups is 1.